The number of pyridine rings is 1. The van der Waals surface area contributed by atoms with Crippen molar-refractivity contribution in [2.75, 3.05) is 6.54 Å². The first-order valence-corrected chi connectivity index (χ1v) is 9.75. The number of rotatable bonds is 2. The number of aromatic nitrogens is 3. The summed E-state index contributed by atoms with van der Waals surface area (Å²) in [5.41, 5.74) is 2.78. The van der Waals surface area contributed by atoms with Gasteiger partial charge in [0.2, 0.25) is 0 Å². The number of carbonyl (C=O) groups excluding carboxylic acids is 1. The first-order valence-electron chi connectivity index (χ1n) is 9.75. The number of halogens is 3. The quantitative estimate of drug-likeness (QED) is 0.454. The molecule has 0 saturated carbocycles. The van der Waals surface area contributed by atoms with Gasteiger partial charge in [-0.25, -0.2) is 13.2 Å². The molecular formula is C23H17F3N4O. The third-order valence-corrected chi connectivity index (χ3v) is 5.63. The number of hydrogen-bond acceptors (Lipinski definition) is 3. The lowest BCUT2D eigenvalue weighted by Gasteiger charge is -2.27. The van der Waals surface area contributed by atoms with Crippen molar-refractivity contribution in [2.45, 2.75) is 13.0 Å². The summed E-state index contributed by atoms with van der Waals surface area (Å²) in [5.74, 6) is -4.11. The summed E-state index contributed by atoms with van der Waals surface area (Å²) in [4.78, 5) is 18.9. The summed E-state index contributed by atoms with van der Waals surface area (Å²) in [6, 6.07) is 9.26. The third-order valence-electron chi connectivity index (χ3n) is 5.63. The minimum Gasteiger partial charge on any atom is -0.332 e. The number of aryl methyl sites for hydroxylation is 1. The zero-order valence-corrected chi connectivity index (χ0v) is 16.6. The van der Waals surface area contributed by atoms with E-state index >= 15 is 0 Å². The van der Waals surface area contributed by atoms with E-state index in [0.29, 0.717) is 29.9 Å². The molecule has 156 valence electrons. The van der Waals surface area contributed by atoms with Crippen LogP contribution in [0.15, 0.2) is 48.8 Å². The van der Waals surface area contributed by atoms with Crippen LogP contribution >= 0.6 is 0 Å². The number of benzene rings is 2. The molecule has 5 nitrogen and oxygen atoms in total. The van der Waals surface area contributed by atoms with Gasteiger partial charge in [0.05, 0.1) is 17.9 Å². The molecule has 3 heterocycles. The normalized spacial score (nSPS) is 13.5. The molecule has 0 radical (unpaired) electrons. The molecule has 0 atom stereocenters. The maximum atomic E-state index is 13.8. The van der Waals surface area contributed by atoms with Gasteiger partial charge in [-0.3, -0.25) is 14.5 Å². The molecule has 1 aliphatic heterocycles. The number of nitrogens with zero attached hydrogens (tertiary/aromatic N) is 4. The van der Waals surface area contributed by atoms with Crippen LogP contribution in [0.5, 0.6) is 0 Å². The van der Waals surface area contributed by atoms with Crippen molar-refractivity contribution in [3.8, 4) is 11.3 Å². The van der Waals surface area contributed by atoms with E-state index in [4.69, 9.17) is 0 Å². The van der Waals surface area contributed by atoms with Crippen LogP contribution < -0.4 is 0 Å². The maximum absolute atomic E-state index is 13.8. The molecule has 8 heteroatoms. The molecule has 2 aromatic carbocycles. The van der Waals surface area contributed by atoms with Crippen molar-refractivity contribution in [1.29, 1.82) is 0 Å². The van der Waals surface area contributed by atoms with Gasteiger partial charge in [-0.15, -0.1) is 0 Å². The van der Waals surface area contributed by atoms with E-state index in [9.17, 15) is 18.0 Å². The van der Waals surface area contributed by atoms with Crippen LogP contribution in [0.2, 0.25) is 0 Å². The Morgan fingerprint density at radius 3 is 2.58 bits per heavy atom. The zero-order chi connectivity index (χ0) is 21.7. The van der Waals surface area contributed by atoms with E-state index in [2.05, 4.69) is 10.1 Å². The average molecular weight is 422 g/mol. The summed E-state index contributed by atoms with van der Waals surface area (Å²) in [6.07, 6.45) is 3.90. The van der Waals surface area contributed by atoms with Gasteiger partial charge in [0, 0.05) is 48.1 Å². The topological polar surface area (TPSA) is 51.0 Å². The molecule has 0 unspecified atom stereocenters. The van der Waals surface area contributed by atoms with Gasteiger partial charge in [-0.1, -0.05) is 6.07 Å². The van der Waals surface area contributed by atoms with Gasteiger partial charge in [0.15, 0.2) is 17.5 Å². The first kappa shape index (κ1) is 19.3. The molecule has 0 saturated heterocycles. The third kappa shape index (κ3) is 3.24. The minimum atomic E-state index is -1.50. The molecule has 1 aliphatic rings. The van der Waals surface area contributed by atoms with Crippen LogP contribution in [0, 0.1) is 17.5 Å². The number of fused-ring (bicyclic) bond motifs is 2. The van der Waals surface area contributed by atoms with Gasteiger partial charge in [0.25, 0.3) is 5.91 Å². The smallest absolute Gasteiger partial charge is 0.254 e. The highest BCUT2D eigenvalue weighted by Gasteiger charge is 2.28. The SMILES string of the molecule is Cn1nc2c(c1-c1cc(F)c(F)c(F)c1)CCN(C(=O)c1ccc3cnccc3c1)C2. The number of amides is 1. The summed E-state index contributed by atoms with van der Waals surface area (Å²) < 4.78 is 42.4. The molecule has 2 aromatic heterocycles. The molecule has 31 heavy (non-hydrogen) atoms. The minimum absolute atomic E-state index is 0.115. The Bertz CT molecular complexity index is 1330. The molecule has 0 bridgehead atoms. The van der Waals surface area contributed by atoms with E-state index < -0.39 is 17.5 Å². The van der Waals surface area contributed by atoms with Crippen LogP contribution in [0.4, 0.5) is 13.2 Å². The molecule has 0 aliphatic carbocycles. The monoisotopic (exact) mass is 422 g/mol. The van der Waals surface area contributed by atoms with Crippen LogP contribution in [0.1, 0.15) is 21.6 Å². The fraction of sp³-hybridized carbons (Fsp3) is 0.174. The number of carbonyl (C=O) groups is 1. The van der Waals surface area contributed by atoms with E-state index in [1.165, 1.54) is 4.68 Å². The molecule has 0 N–H and O–H groups in total. The van der Waals surface area contributed by atoms with Crippen molar-refractivity contribution in [3.05, 3.63) is 83.1 Å². The van der Waals surface area contributed by atoms with Gasteiger partial charge >= 0.3 is 0 Å². The standard InChI is InChI=1S/C23H17F3N4O/c1-29-22(16-9-18(24)21(26)19(25)10-16)17-5-7-30(12-20(17)28-29)23(31)14-2-3-15-11-27-6-4-13(15)8-14/h2-4,6,8-11H,5,7,12H2,1H3. The Morgan fingerprint density at radius 2 is 1.81 bits per heavy atom. The summed E-state index contributed by atoms with van der Waals surface area (Å²) >= 11 is 0. The fourth-order valence-corrected chi connectivity index (χ4v) is 4.15. The highest BCUT2D eigenvalue weighted by atomic mass is 19.2. The molecule has 1 amide bonds. The highest BCUT2D eigenvalue weighted by Crippen LogP contribution is 2.32. The van der Waals surface area contributed by atoms with Crippen LogP contribution in [0.25, 0.3) is 22.0 Å². The van der Waals surface area contributed by atoms with Gasteiger partial charge in [-0.05, 0) is 42.1 Å². The molecule has 0 fully saturated rings. The van der Waals surface area contributed by atoms with Gasteiger partial charge in [-0.2, -0.15) is 5.10 Å². The lowest BCUT2D eigenvalue weighted by atomic mass is 9.98. The summed E-state index contributed by atoms with van der Waals surface area (Å²) in [7, 11) is 1.66. The van der Waals surface area contributed by atoms with E-state index in [1.807, 2.05) is 18.2 Å². The Kier molecular flexibility index (Phi) is 4.50. The lowest BCUT2D eigenvalue weighted by molar-refractivity contribution is 0.0732. The second-order valence-electron chi connectivity index (χ2n) is 7.57. The van der Waals surface area contributed by atoms with E-state index in [1.54, 1.807) is 30.4 Å². The largest absolute Gasteiger partial charge is 0.332 e. The Labute approximate surface area is 175 Å². The molecule has 0 spiro atoms. The second-order valence-corrected chi connectivity index (χ2v) is 7.57. The lowest BCUT2D eigenvalue weighted by Crippen LogP contribution is -2.36. The summed E-state index contributed by atoms with van der Waals surface area (Å²) in [6.45, 7) is 0.716. The molecule has 5 rings (SSSR count). The zero-order valence-electron chi connectivity index (χ0n) is 16.6. The van der Waals surface area contributed by atoms with Crippen molar-refractivity contribution >= 4 is 16.7 Å². The van der Waals surface area contributed by atoms with Crippen LogP contribution in [-0.4, -0.2) is 32.1 Å². The molecule has 4 aromatic rings. The van der Waals surface area contributed by atoms with Crippen molar-refractivity contribution in [1.82, 2.24) is 19.7 Å². The Hall–Kier alpha value is -3.68. The number of hydrogen-bond donors (Lipinski definition) is 0. The fourth-order valence-electron chi connectivity index (χ4n) is 4.15. The molecular weight excluding hydrogens is 405 g/mol. The second kappa shape index (κ2) is 7.23. The predicted octanol–water partition coefficient (Wildman–Crippen LogP) is 4.25. The average Bonchev–Trinajstić information content (AvgIpc) is 3.11. The Morgan fingerprint density at radius 1 is 1.03 bits per heavy atom. The van der Waals surface area contributed by atoms with Crippen molar-refractivity contribution in [3.63, 3.8) is 0 Å². The van der Waals surface area contributed by atoms with Gasteiger partial charge in [0.1, 0.15) is 0 Å². The summed E-state index contributed by atoms with van der Waals surface area (Å²) in [5, 5.41) is 6.34. The maximum Gasteiger partial charge on any atom is 0.254 e. The van der Waals surface area contributed by atoms with Crippen LogP contribution in [-0.2, 0) is 20.0 Å². The van der Waals surface area contributed by atoms with E-state index in [-0.39, 0.29) is 18.0 Å². The Balaban J connectivity index is 1.46. The van der Waals surface area contributed by atoms with Crippen LogP contribution in [0.3, 0.4) is 0 Å². The van der Waals surface area contributed by atoms with Gasteiger partial charge < -0.3 is 4.90 Å². The van der Waals surface area contributed by atoms with E-state index in [0.717, 1.165) is 28.5 Å². The predicted molar refractivity (Wildman–Crippen MR) is 109 cm³/mol. The van der Waals surface area contributed by atoms with Crippen molar-refractivity contribution in [2.24, 2.45) is 7.05 Å². The van der Waals surface area contributed by atoms with Crippen molar-refractivity contribution < 1.29 is 18.0 Å². The first-order chi connectivity index (χ1) is 14.9. The highest BCUT2D eigenvalue weighted by molar-refractivity contribution is 5.98.